The Morgan fingerprint density at radius 1 is 0.952 bits per heavy atom. The van der Waals surface area contributed by atoms with Crippen molar-refractivity contribution in [2.24, 2.45) is 0 Å². The predicted octanol–water partition coefficient (Wildman–Crippen LogP) is 4.46. The van der Waals surface area contributed by atoms with Crippen molar-refractivity contribution in [1.82, 2.24) is 5.32 Å². The van der Waals surface area contributed by atoms with Gasteiger partial charge in [0.05, 0.1) is 6.42 Å². The van der Waals surface area contributed by atoms with E-state index in [0.717, 1.165) is 21.7 Å². The number of hydrogen-bond acceptors (Lipinski definition) is 1. The number of carbonyl (C=O) groups is 1. The van der Waals surface area contributed by atoms with Crippen LogP contribution >= 0.6 is 11.6 Å². The molecular formula is C18H20ClNO. The van der Waals surface area contributed by atoms with Gasteiger partial charge in [-0.3, -0.25) is 4.79 Å². The molecule has 0 radical (unpaired) electrons. The first kappa shape index (κ1) is 15.6. The Morgan fingerprint density at radius 2 is 1.43 bits per heavy atom. The van der Waals surface area contributed by atoms with E-state index in [9.17, 15) is 4.79 Å². The molecule has 0 bridgehead atoms. The summed E-state index contributed by atoms with van der Waals surface area (Å²) < 4.78 is 0. The molecule has 110 valence electrons. The molecule has 0 aromatic heterocycles. The molecule has 0 aliphatic rings. The summed E-state index contributed by atoms with van der Waals surface area (Å²) in [5.74, 6) is 0.0433. The van der Waals surface area contributed by atoms with Gasteiger partial charge in [-0.1, -0.05) is 48.0 Å². The van der Waals surface area contributed by atoms with Gasteiger partial charge in [0.1, 0.15) is 0 Å². The molecule has 0 heterocycles. The van der Waals surface area contributed by atoms with Crippen molar-refractivity contribution in [3.8, 4) is 11.1 Å². The smallest absolute Gasteiger partial charge is 0.224 e. The standard InChI is InChI=1S/C18H20ClNO/c1-18(2,3)20-17(21)12-13-4-6-14(7-5-13)15-8-10-16(19)11-9-15/h4-11H,12H2,1-3H3,(H,20,21). The lowest BCUT2D eigenvalue weighted by molar-refractivity contribution is -0.121. The average Bonchev–Trinajstić information content (AvgIpc) is 2.38. The molecule has 0 aliphatic heterocycles. The third-order valence-electron chi connectivity index (χ3n) is 3.01. The van der Waals surface area contributed by atoms with Gasteiger partial charge in [-0.15, -0.1) is 0 Å². The summed E-state index contributed by atoms with van der Waals surface area (Å²) in [7, 11) is 0. The van der Waals surface area contributed by atoms with Crippen LogP contribution in [0, 0.1) is 0 Å². The van der Waals surface area contributed by atoms with Crippen LogP contribution in [0.1, 0.15) is 26.3 Å². The Balaban J connectivity index is 2.05. The summed E-state index contributed by atoms with van der Waals surface area (Å²) >= 11 is 5.89. The molecule has 0 unspecified atom stereocenters. The van der Waals surface area contributed by atoms with E-state index in [4.69, 9.17) is 11.6 Å². The summed E-state index contributed by atoms with van der Waals surface area (Å²) in [6, 6.07) is 15.8. The molecule has 0 aliphatic carbocycles. The van der Waals surface area contributed by atoms with Crippen LogP contribution in [0.3, 0.4) is 0 Å². The number of carbonyl (C=O) groups excluding carboxylic acids is 1. The third kappa shape index (κ3) is 4.91. The van der Waals surface area contributed by atoms with Crippen LogP contribution in [0.4, 0.5) is 0 Å². The number of nitrogens with one attached hydrogen (secondary N) is 1. The molecule has 0 saturated carbocycles. The third-order valence-corrected chi connectivity index (χ3v) is 3.26. The van der Waals surface area contributed by atoms with Gasteiger partial charge in [0, 0.05) is 10.6 Å². The molecule has 0 atom stereocenters. The maximum atomic E-state index is 11.9. The number of hydrogen-bond donors (Lipinski definition) is 1. The lowest BCUT2D eigenvalue weighted by Crippen LogP contribution is -2.41. The van der Waals surface area contributed by atoms with Crippen molar-refractivity contribution >= 4 is 17.5 Å². The molecule has 2 nitrogen and oxygen atoms in total. The van der Waals surface area contributed by atoms with E-state index in [1.807, 2.05) is 69.3 Å². The fourth-order valence-electron chi connectivity index (χ4n) is 2.11. The minimum absolute atomic E-state index is 0.0433. The highest BCUT2D eigenvalue weighted by Gasteiger charge is 2.13. The minimum Gasteiger partial charge on any atom is -0.351 e. The van der Waals surface area contributed by atoms with E-state index in [-0.39, 0.29) is 11.4 Å². The highest BCUT2D eigenvalue weighted by molar-refractivity contribution is 6.30. The van der Waals surface area contributed by atoms with Gasteiger partial charge < -0.3 is 5.32 Å². The predicted molar refractivity (Wildman–Crippen MR) is 88.5 cm³/mol. The molecule has 21 heavy (non-hydrogen) atoms. The first-order valence-corrected chi connectivity index (χ1v) is 7.37. The zero-order valence-electron chi connectivity index (χ0n) is 12.6. The average molecular weight is 302 g/mol. The second-order valence-corrected chi connectivity index (χ2v) is 6.62. The zero-order valence-corrected chi connectivity index (χ0v) is 13.4. The zero-order chi connectivity index (χ0) is 15.5. The molecule has 0 spiro atoms. The van der Waals surface area contributed by atoms with Gasteiger partial charge in [-0.2, -0.15) is 0 Å². The minimum atomic E-state index is -0.194. The molecule has 2 aromatic rings. The van der Waals surface area contributed by atoms with Crippen molar-refractivity contribution in [3.05, 3.63) is 59.1 Å². The summed E-state index contributed by atoms with van der Waals surface area (Å²) in [5.41, 5.74) is 3.05. The van der Waals surface area contributed by atoms with E-state index < -0.39 is 0 Å². The van der Waals surface area contributed by atoms with E-state index in [2.05, 4.69) is 5.32 Å². The van der Waals surface area contributed by atoms with Gasteiger partial charge in [-0.25, -0.2) is 0 Å². The largest absolute Gasteiger partial charge is 0.351 e. The van der Waals surface area contributed by atoms with Crippen LogP contribution in [0.2, 0.25) is 5.02 Å². The van der Waals surface area contributed by atoms with Crippen LogP contribution in [0.5, 0.6) is 0 Å². The summed E-state index contributed by atoms with van der Waals surface area (Å²) in [4.78, 5) is 11.9. The van der Waals surface area contributed by atoms with E-state index in [1.165, 1.54) is 0 Å². The summed E-state index contributed by atoms with van der Waals surface area (Å²) in [5, 5.41) is 3.70. The van der Waals surface area contributed by atoms with E-state index in [0.29, 0.717) is 6.42 Å². The first-order chi connectivity index (χ1) is 9.83. The van der Waals surface area contributed by atoms with E-state index >= 15 is 0 Å². The Hall–Kier alpha value is -1.80. The van der Waals surface area contributed by atoms with Crippen LogP contribution in [-0.2, 0) is 11.2 Å². The number of benzene rings is 2. The van der Waals surface area contributed by atoms with Crippen LogP contribution < -0.4 is 5.32 Å². The normalized spacial score (nSPS) is 11.2. The van der Waals surface area contributed by atoms with Crippen molar-refractivity contribution in [2.45, 2.75) is 32.7 Å². The van der Waals surface area contributed by atoms with Crippen LogP contribution in [-0.4, -0.2) is 11.4 Å². The summed E-state index contributed by atoms with van der Waals surface area (Å²) in [6.45, 7) is 5.94. The van der Waals surface area contributed by atoms with Crippen molar-refractivity contribution in [2.75, 3.05) is 0 Å². The second-order valence-electron chi connectivity index (χ2n) is 6.18. The van der Waals surface area contributed by atoms with Crippen LogP contribution in [0.25, 0.3) is 11.1 Å². The lowest BCUT2D eigenvalue weighted by Gasteiger charge is -2.20. The number of rotatable bonds is 3. The molecule has 1 N–H and O–H groups in total. The number of amides is 1. The lowest BCUT2D eigenvalue weighted by atomic mass is 10.0. The Labute approximate surface area is 131 Å². The topological polar surface area (TPSA) is 29.1 Å². The quantitative estimate of drug-likeness (QED) is 0.890. The maximum absolute atomic E-state index is 11.9. The van der Waals surface area contributed by atoms with E-state index in [1.54, 1.807) is 0 Å². The van der Waals surface area contributed by atoms with Gasteiger partial charge in [0.15, 0.2) is 0 Å². The van der Waals surface area contributed by atoms with Crippen molar-refractivity contribution in [1.29, 1.82) is 0 Å². The molecule has 2 aromatic carbocycles. The molecule has 3 heteroatoms. The Bertz CT molecular complexity index is 609. The van der Waals surface area contributed by atoms with Gasteiger partial charge in [0.25, 0.3) is 0 Å². The maximum Gasteiger partial charge on any atom is 0.224 e. The fourth-order valence-corrected chi connectivity index (χ4v) is 2.23. The monoisotopic (exact) mass is 301 g/mol. The van der Waals surface area contributed by atoms with Crippen LogP contribution in [0.15, 0.2) is 48.5 Å². The second kappa shape index (κ2) is 6.31. The van der Waals surface area contributed by atoms with Gasteiger partial charge >= 0.3 is 0 Å². The molecule has 0 fully saturated rings. The van der Waals surface area contributed by atoms with Crippen molar-refractivity contribution < 1.29 is 4.79 Å². The van der Waals surface area contributed by atoms with Crippen molar-refractivity contribution in [3.63, 3.8) is 0 Å². The fraction of sp³-hybridized carbons (Fsp3) is 0.278. The van der Waals surface area contributed by atoms with Gasteiger partial charge in [-0.05, 0) is 49.6 Å². The Kier molecular flexibility index (Phi) is 4.69. The summed E-state index contributed by atoms with van der Waals surface area (Å²) in [6.07, 6.45) is 0.401. The molecular weight excluding hydrogens is 282 g/mol. The highest BCUT2D eigenvalue weighted by atomic mass is 35.5. The SMILES string of the molecule is CC(C)(C)NC(=O)Cc1ccc(-c2ccc(Cl)cc2)cc1. The Morgan fingerprint density at radius 3 is 1.90 bits per heavy atom. The molecule has 1 amide bonds. The molecule has 0 saturated heterocycles. The number of halogens is 1. The first-order valence-electron chi connectivity index (χ1n) is 6.99. The molecule has 2 rings (SSSR count). The highest BCUT2D eigenvalue weighted by Crippen LogP contribution is 2.22. The van der Waals surface area contributed by atoms with Gasteiger partial charge in [0.2, 0.25) is 5.91 Å².